The zero-order chi connectivity index (χ0) is 7.84. The number of rotatable bonds is 0. The van der Waals surface area contributed by atoms with E-state index in [0.717, 1.165) is 5.56 Å². The fourth-order valence-corrected chi connectivity index (χ4v) is 4.36. The fourth-order valence-electron chi connectivity index (χ4n) is 0.719. The van der Waals surface area contributed by atoms with Crippen molar-refractivity contribution >= 4 is 59.0 Å². The Kier molecular flexibility index (Phi) is 1.94. The molecule has 0 aromatic carbocycles. The maximum absolute atomic E-state index is 5.82. The smallest absolute Gasteiger partial charge is 0.148 e. The highest BCUT2D eigenvalue weighted by molar-refractivity contribution is 14.2. The minimum absolute atomic E-state index is 0.132. The van der Waals surface area contributed by atoms with Gasteiger partial charge in [0.1, 0.15) is 11.0 Å². The quantitative estimate of drug-likeness (QED) is 0.740. The van der Waals surface area contributed by atoms with Crippen molar-refractivity contribution in [1.82, 2.24) is 4.37 Å². The van der Waals surface area contributed by atoms with Gasteiger partial charge in [0.2, 0.25) is 0 Å². The maximum Gasteiger partial charge on any atom is 0.148 e. The second-order valence-corrected chi connectivity index (χ2v) is 5.97. The van der Waals surface area contributed by atoms with E-state index in [4.69, 9.17) is 17.3 Å². The van der Waals surface area contributed by atoms with Gasteiger partial charge in [-0.2, -0.15) is 4.37 Å². The van der Waals surface area contributed by atoms with Crippen LogP contribution in [0.3, 0.4) is 0 Å². The Bertz CT molecular complexity index is 357. The summed E-state index contributed by atoms with van der Waals surface area (Å²) in [5.74, 6) is 0.520. The third-order valence-corrected chi connectivity index (χ3v) is 4.98. The van der Waals surface area contributed by atoms with Gasteiger partial charge in [0.15, 0.2) is 0 Å². The van der Waals surface area contributed by atoms with Gasteiger partial charge in [-0.15, -0.1) is 0 Å². The number of hydrogen-bond donors (Lipinski definition) is 1. The summed E-state index contributed by atoms with van der Waals surface area (Å²) in [4.78, 5) is 4.00. The molecular weight excluding hydrogens is 296 g/mol. The second kappa shape index (κ2) is 2.80. The van der Waals surface area contributed by atoms with Gasteiger partial charge in [-0.25, -0.2) is 4.99 Å². The number of aliphatic imine (C=N–C) groups is 1. The number of aromatic nitrogens is 1. The van der Waals surface area contributed by atoms with Gasteiger partial charge in [-0.1, -0.05) is 32.3 Å². The summed E-state index contributed by atoms with van der Waals surface area (Å²) >= 11 is 7.12. The van der Waals surface area contributed by atoms with E-state index in [-0.39, 0.29) is 20.7 Å². The summed E-state index contributed by atoms with van der Waals surface area (Å²) in [7, 11) is 0. The molecule has 0 aliphatic carbocycles. The number of anilines is 1. The number of nitrogens with zero attached hydrogens (tertiary/aromatic N) is 2. The molecule has 1 aromatic rings. The van der Waals surface area contributed by atoms with Crippen molar-refractivity contribution in [2.45, 2.75) is 0 Å². The molecule has 0 amide bonds. The first-order chi connectivity index (χ1) is 5.29. The van der Waals surface area contributed by atoms with Gasteiger partial charge in [0.25, 0.3) is 0 Å². The molecule has 2 rings (SSSR count). The van der Waals surface area contributed by atoms with Crippen LogP contribution in [-0.2, 0) is 0 Å². The van der Waals surface area contributed by atoms with Crippen molar-refractivity contribution in [3.05, 3.63) is 8.45 Å². The van der Waals surface area contributed by atoms with Gasteiger partial charge < -0.3 is 5.73 Å². The molecule has 3 nitrogen and oxygen atoms in total. The van der Waals surface area contributed by atoms with Gasteiger partial charge in [-0.05, 0) is 11.5 Å². The molecule has 6 heteroatoms. The largest absolute Gasteiger partial charge is 0.382 e. The molecule has 1 aromatic heterocycles. The summed E-state index contributed by atoms with van der Waals surface area (Å²) in [5.41, 5.74) is 6.46. The highest BCUT2D eigenvalue weighted by Gasteiger charge is 2.16. The van der Waals surface area contributed by atoms with Crippen LogP contribution in [0.25, 0.3) is 0 Å². The standard InChI is InChI=1S/C5H3ClIN3S/c6-3-2-4(7-1-9-3)11-10-5(2)8/h1H,(H2,8,10). The topological polar surface area (TPSA) is 51.3 Å². The van der Waals surface area contributed by atoms with E-state index in [1.807, 2.05) is 4.14 Å². The van der Waals surface area contributed by atoms with E-state index in [1.54, 1.807) is 0 Å². The number of nitrogen functional groups attached to an aromatic ring is 1. The zero-order valence-electron chi connectivity index (χ0n) is 5.21. The lowest BCUT2D eigenvalue weighted by atomic mass is 10.4. The van der Waals surface area contributed by atoms with Crippen LogP contribution in [0.1, 0.15) is 5.56 Å². The van der Waals surface area contributed by atoms with Crippen molar-refractivity contribution in [2.24, 2.45) is 4.99 Å². The van der Waals surface area contributed by atoms with Crippen LogP contribution < -0.4 is 5.73 Å². The third-order valence-electron chi connectivity index (χ3n) is 1.19. The molecule has 0 fully saturated rings. The van der Waals surface area contributed by atoms with Gasteiger partial charge in [0.05, 0.1) is 12.6 Å². The summed E-state index contributed by atoms with van der Waals surface area (Å²) in [6, 6.07) is 0. The molecule has 0 atom stereocenters. The molecule has 0 radical (unpaired) electrons. The Balaban J connectivity index is 2.71. The fraction of sp³-hybridized carbons (Fsp3) is 0. The highest BCUT2D eigenvalue weighted by Crippen LogP contribution is 2.30. The normalized spacial score (nSPS) is 15.2. The van der Waals surface area contributed by atoms with Crippen LogP contribution in [0.15, 0.2) is 4.99 Å². The first-order valence-electron chi connectivity index (χ1n) is 2.73. The SMILES string of the molecule is Nc1nsc2c1C(Cl)=NC=I2. The predicted molar refractivity (Wildman–Crippen MR) is 57.7 cm³/mol. The molecule has 0 bridgehead atoms. The Morgan fingerprint density at radius 1 is 1.64 bits per heavy atom. The molecule has 0 spiro atoms. The molecule has 0 saturated heterocycles. The predicted octanol–water partition coefficient (Wildman–Crippen LogP) is 1.62. The van der Waals surface area contributed by atoms with Gasteiger partial charge in [0, 0.05) is 0 Å². The second-order valence-electron chi connectivity index (χ2n) is 1.84. The average molecular weight is 300 g/mol. The molecule has 1 aliphatic heterocycles. The third kappa shape index (κ3) is 1.21. The Labute approximate surface area is 82.2 Å². The molecule has 1 aliphatic rings. The van der Waals surface area contributed by atoms with Crippen molar-refractivity contribution < 1.29 is 0 Å². The molecule has 2 heterocycles. The highest BCUT2D eigenvalue weighted by atomic mass is 127. The van der Waals surface area contributed by atoms with E-state index >= 15 is 0 Å². The minimum atomic E-state index is -0.132. The van der Waals surface area contributed by atoms with Gasteiger partial charge in [-0.3, -0.25) is 0 Å². The summed E-state index contributed by atoms with van der Waals surface area (Å²) in [5, 5.41) is 0.484. The van der Waals surface area contributed by atoms with Crippen molar-refractivity contribution in [3.63, 3.8) is 0 Å². The average Bonchev–Trinajstić information content (AvgIpc) is 2.34. The summed E-state index contributed by atoms with van der Waals surface area (Å²) < 4.78 is 7.10. The van der Waals surface area contributed by atoms with Crippen molar-refractivity contribution in [3.8, 4) is 0 Å². The lowest BCUT2D eigenvalue weighted by molar-refractivity contribution is 1.54. The van der Waals surface area contributed by atoms with E-state index in [0.29, 0.717) is 11.0 Å². The molecular formula is C5H3ClIN3S. The van der Waals surface area contributed by atoms with Crippen molar-refractivity contribution in [2.75, 3.05) is 5.73 Å². The summed E-state index contributed by atoms with van der Waals surface area (Å²) in [6.45, 7) is 0. The van der Waals surface area contributed by atoms with E-state index in [1.165, 1.54) is 14.4 Å². The zero-order valence-corrected chi connectivity index (χ0v) is 8.94. The molecule has 2 N–H and O–H groups in total. The van der Waals surface area contributed by atoms with E-state index in [2.05, 4.69) is 9.37 Å². The van der Waals surface area contributed by atoms with Crippen LogP contribution in [0.2, 0.25) is 0 Å². The van der Waals surface area contributed by atoms with E-state index in [9.17, 15) is 0 Å². The molecule has 58 valence electrons. The molecule has 0 unspecified atom stereocenters. The molecule has 0 saturated carbocycles. The van der Waals surface area contributed by atoms with Crippen molar-refractivity contribution in [1.29, 1.82) is 0 Å². The lowest BCUT2D eigenvalue weighted by Gasteiger charge is -1.99. The number of fused-ring (bicyclic) bond motifs is 1. The number of nitrogens with two attached hydrogens (primary N) is 1. The number of halogens is 2. The number of hydrogen-bond acceptors (Lipinski definition) is 4. The van der Waals surface area contributed by atoms with Gasteiger partial charge >= 0.3 is 0 Å². The first kappa shape index (κ1) is 7.63. The van der Waals surface area contributed by atoms with Crippen LogP contribution in [0, 0.1) is 2.88 Å². The first-order valence-corrected chi connectivity index (χ1v) is 6.20. The van der Waals surface area contributed by atoms with E-state index < -0.39 is 0 Å². The van der Waals surface area contributed by atoms with Crippen LogP contribution in [0.5, 0.6) is 0 Å². The van der Waals surface area contributed by atoms with Crippen LogP contribution in [-0.4, -0.2) is 13.7 Å². The Hall–Kier alpha value is -0.0100. The molecule has 11 heavy (non-hydrogen) atoms. The monoisotopic (exact) mass is 299 g/mol. The Morgan fingerprint density at radius 3 is 3.18 bits per heavy atom. The minimum Gasteiger partial charge on any atom is -0.382 e. The maximum atomic E-state index is 5.82. The Morgan fingerprint density at radius 2 is 2.45 bits per heavy atom. The van der Waals surface area contributed by atoms with Crippen LogP contribution in [0.4, 0.5) is 5.82 Å². The van der Waals surface area contributed by atoms with Crippen LogP contribution >= 0.6 is 43.9 Å². The summed E-state index contributed by atoms with van der Waals surface area (Å²) in [6.07, 6.45) is 0. The lowest BCUT2D eigenvalue weighted by Crippen LogP contribution is -2.00.